The quantitative estimate of drug-likeness (QED) is 0.282. The van der Waals surface area contributed by atoms with Crippen LogP contribution in [0.4, 0.5) is 10.5 Å². The first kappa shape index (κ1) is 29.8. The van der Waals surface area contributed by atoms with Gasteiger partial charge in [0.2, 0.25) is 0 Å². The fraction of sp³-hybridized carbons (Fsp3) is 0.387. The summed E-state index contributed by atoms with van der Waals surface area (Å²) in [5.74, 6) is 1.60. The maximum atomic E-state index is 12.2. The van der Waals surface area contributed by atoms with Gasteiger partial charge in [0.25, 0.3) is 0 Å². The predicted octanol–water partition coefficient (Wildman–Crippen LogP) is 4.76. The largest absolute Gasteiger partial charge is 0.497 e. The minimum atomic E-state index is -0.476. The maximum absolute atomic E-state index is 12.2. The molecule has 210 valence electrons. The number of carbonyl (C=O) groups excluding carboxylic acids is 1. The fourth-order valence-corrected chi connectivity index (χ4v) is 3.96. The molecular formula is C31H41N3O5. The number of methoxy groups -OCH3 is 1. The van der Waals surface area contributed by atoms with Gasteiger partial charge in [0.15, 0.2) is 0 Å². The smallest absolute Gasteiger partial charge is 0.407 e. The first-order chi connectivity index (χ1) is 18.8. The summed E-state index contributed by atoms with van der Waals surface area (Å²) in [7, 11) is 9.71. The van der Waals surface area contributed by atoms with E-state index in [-0.39, 0.29) is 19.3 Å². The van der Waals surface area contributed by atoms with Crippen molar-refractivity contribution in [1.29, 1.82) is 0 Å². The topological polar surface area (TPSA) is 72.5 Å². The van der Waals surface area contributed by atoms with Crippen LogP contribution in [0.1, 0.15) is 16.7 Å². The molecule has 0 radical (unpaired) electrons. The molecule has 0 aliphatic rings. The summed E-state index contributed by atoms with van der Waals surface area (Å²) >= 11 is 0. The van der Waals surface area contributed by atoms with E-state index in [1.54, 1.807) is 7.11 Å². The number of hydrogen-bond donors (Lipinski definition) is 1. The van der Waals surface area contributed by atoms with E-state index in [1.165, 1.54) is 5.56 Å². The minimum absolute atomic E-state index is 0.142. The summed E-state index contributed by atoms with van der Waals surface area (Å²) in [6, 6.07) is 24.0. The molecule has 8 heteroatoms. The summed E-state index contributed by atoms with van der Waals surface area (Å²) < 4.78 is 22.8. The summed E-state index contributed by atoms with van der Waals surface area (Å²) in [5.41, 5.74) is 4.39. The fourth-order valence-electron chi connectivity index (χ4n) is 3.96. The van der Waals surface area contributed by atoms with Crippen molar-refractivity contribution < 1.29 is 23.7 Å². The Balaban J connectivity index is 1.48. The first-order valence-corrected chi connectivity index (χ1v) is 13.1. The number of rotatable bonds is 15. The molecule has 0 bridgehead atoms. The van der Waals surface area contributed by atoms with E-state index < -0.39 is 6.09 Å². The second-order valence-electron chi connectivity index (χ2n) is 9.79. The van der Waals surface area contributed by atoms with Gasteiger partial charge in [0.1, 0.15) is 24.7 Å². The molecule has 1 unspecified atom stereocenters. The highest BCUT2D eigenvalue weighted by Crippen LogP contribution is 2.18. The molecule has 0 aliphatic carbocycles. The highest BCUT2D eigenvalue weighted by Gasteiger charge is 2.13. The van der Waals surface area contributed by atoms with Crippen LogP contribution in [-0.4, -0.2) is 72.2 Å². The van der Waals surface area contributed by atoms with Gasteiger partial charge in [-0.2, -0.15) is 0 Å². The lowest BCUT2D eigenvalue weighted by atomic mass is 10.1. The second-order valence-corrected chi connectivity index (χ2v) is 9.79. The van der Waals surface area contributed by atoms with Crippen molar-refractivity contribution in [2.45, 2.75) is 25.6 Å². The Morgan fingerprint density at radius 1 is 0.846 bits per heavy atom. The van der Waals surface area contributed by atoms with Gasteiger partial charge in [-0.15, -0.1) is 0 Å². The van der Waals surface area contributed by atoms with E-state index in [2.05, 4.69) is 16.3 Å². The average Bonchev–Trinajstić information content (AvgIpc) is 2.93. The number of nitrogens with one attached hydrogen (secondary N) is 1. The van der Waals surface area contributed by atoms with Gasteiger partial charge in [0.05, 0.1) is 19.8 Å². The zero-order chi connectivity index (χ0) is 28.0. The lowest BCUT2D eigenvalue weighted by Crippen LogP contribution is -2.28. The van der Waals surface area contributed by atoms with E-state index >= 15 is 0 Å². The number of anilines is 1. The number of ether oxygens (including phenoxy) is 4. The zero-order valence-electron chi connectivity index (χ0n) is 23.7. The van der Waals surface area contributed by atoms with Gasteiger partial charge in [-0.1, -0.05) is 36.4 Å². The summed E-state index contributed by atoms with van der Waals surface area (Å²) in [6.45, 7) is 2.00. The van der Waals surface area contributed by atoms with E-state index in [4.69, 9.17) is 18.9 Å². The highest BCUT2D eigenvalue weighted by atomic mass is 16.6. The van der Waals surface area contributed by atoms with E-state index in [9.17, 15) is 4.79 Å². The standard InChI is InChI=1S/C31H41N3O5/c1-33(2)22-26-7-6-8-29(20-26)39-23-30(19-24-11-15-28(36-5)16-12-24)37-17-18-38-31(35)32-21-25-9-13-27(14-10-25)34(3)4/h6-16,20,30H,17-19,21-23H2,1-5H3,(H,32,35). The summed E-state index contributed by atoms with van der Waals surface area (Å²) in [6.07, 6.45) is -0.0509. The van der Waals surface area contributed by atoms with Crippen molar-refractivity contribution >= 4 is 11.8 Å². The Morgan fingerprint density at radius 3 is 2.23 bits per heavy atom. The van der Waals surface area contributed by atoms with Gasteiger partial charge in [-0.25, -0.2) is 4.79 Å². The normalized spacial score (nSPS) is 11.6. The number of alkyl carbamates (subject to hydrolysis) is 1. The predicted molar refractivity (Wildman–Crippen MR) is 155 cm³/mol. The van der Waals surface area contributed by atoms with Crippen molar-refractivity contribution in [3.8, 4) is 11.5 Å². The van der Waals surface area contributed by atoms with Crippen molar-refractivity contribution in [2.24, 2.45) is 0 Å². The molecule has 0 heterocycles. The van der Waals surface area contributed by atoms with Gasteiger partial charge < -0.3 is 34.1 Å². The van der Waals surface area contributed by atoms with Crippen LogP contribution in [0.2, 0.25) is 0 Å². The van der Waals surface area contributed by atoms with Crippen molar-refractivity contribution in [3.05, 3.63) is 89.5 Å². The molecule has 3 rings (SSSR count). The Bertz CT molecular complexity index is 1130. The average molecular weight is 536 g/mol. The monoisotopic (exact) mass is 535 g/mol. The third-order valence-electron chi connectivity index (χ3n) is 6.02. The van der Waals surface area contributed by atoms with Crippen LogP contribution in [0.5, 0.6) is 11.5 Å². The third kappa shape index (κ3) is 10.9. The van der Waals surface area contributed by atoms with Crippen LogP contribution >= 0.6 is 0 Å². The number of nitrogens with zero attached hydrogens (tertiary/aromatic N) is 2. The van der Waals surface area contributed by atoms with Crippen LogP contribution in [0.15, 0.2) is 72.8 Å². The Morgan fingerprint density at radius 2 is 1.56 bits per heavy atom. The summed E-state index contributed by atoms with van der Waals surface area (Å²) in [4.78, 5) is 16.3. The molecule has 8 nitrogen and oxygen atoms in total. The first-order valence-electron chi connectivity index (χ1n) is 13.1. The van der Waals surface area contributed by atoms with Gasteiger partial charge in [-0.3, -0.25) is 0 Å². The molecule has 39 heavy (non-hydrogen) atoms. The Hall–Kier alpha value is -3.75. The second kappa shape index (κ2) is 15.6. The van der Waals surface area contributed by atoms with Crippen molar-refractivity contribution in [1.82, 2.24) is 10.2 Å². The van der Waals surface area contributed by atoms with Gasteiger partial charge >= 0.3 is 6.09 Å². The molecular weight excluding hydrogens is 494 g/mol. The molecule has 1 amide bonds. The summed E-state index contributed by atoms with van der Waals surface area (Å²) in [5, 5.41) is 2.78. The zero-order valence-corrected chi connectivity index (χ0v) is 23.7. The highest BCUT2D eigenvalue weighted by molar-refractivity contribution is 5.67. The molecule has 0 fully saturated rings. The molecule has 1 N–H and O–H groups in total. The van der Waals surface area contributed by atoms with E-state index in [1.807, 2.05) is 99.8 Å². The SMILES string of the molecule is COc1ccc(CC(COc2cccc(CN(C)C)c2)OCCOC(=O)NCc2ccc(N(C)C)cc2)cc1. The van der Waals surface area contributed by atoms with Crippen LogP contribution < -0.4 is 19.7 Å². The molecule has 0 aliphatic heterocycles. The number of hydrogen-bond acceptors (Lipinski definition) is 7. The van der Waals surface area contributed by atoms with Crippen molar-refractivity contribution in [2.75, 3.05) is 60.0 Å². The van der Waals surface area contributed by atoms with Crippen LogP contribution in [-0.2, 0) is 29.0 Å². The molecule has 3 aromatic rings. The van der Waals surface area contributed by atoms with Crippen LogP contribution in [0.3, 0.4) is 0 Å². The lowest BCUT2D eigenvalue weighted by molar-refractivity contribution is -0.000928. The molecule has 0 aromatic heterocycles. The van der Waals surface area contributed by atoms with Gasteiger partial charge in [-0.05, 0) is 67.2 Å². The molecule has 0 saturated heterocycles. The minimum Gasteiger partial charge on any atom is -0.497 e. The Kier molecular flexibility index (Phi) is 11.9. The molecule has 0 spiro atoms. The number of amides is 1. The van der Waals surface area contributed by atoms with Crippen LogP contribution in [0, 0.1) is 0 Å². The molecule has 0 saturated carbocycles. The van der Waals surface area contributed by atoms with E-state index in [0.717, 1.165) is 34.9 Å². The lowest BCUT2D eigenvalue weighted by Gasteiger charge is -2.20. The third-order valence-corrected chi connectivity index (χ3v) is 6.02. The van der Waals surface area contributed by atoms with E-state index in [0.29, 0.717) is 19.6 Å². The molecule has 3 aromatic carbocycles. The van der Waals surface area contributed by atoms with Crippen LogP contribution in [0.25, 0.3) is 0 Å². The maximum Gasteiger partial charge on any atom is 0.407 e. The Labute approximate surface area is 232 Å². The van der Waals surface area contributed by atoms with Gasteiger partial charge in [0, 0.05) is 39.3 Å². The number of benzene rings is 3. The number of carbonyl (C=O) groups is 1. The van der Waals surface area contributed by atoms with Crippen molar-refractivity contribution in [3.63, 3.8) is 0 Å². The molecule has 1 atom stereocenters.